The van der Waals surface area contributed by atoms with Crippen molar-refractivity contribution in [1.29, 1.82) is 0 Å². The summed E-state index contributed by atoms with van der Waals surface area (Å²) in [6, 6.07) is -1.17. The average molecular weight is 676 g/mol. The molecule has 0 unspecified atom stereocenters. The van der Waals surface area contributed by atoms with Crippen molar-refractivity contribution < 1.29 is 57.2 Å². The average Bonchev–Trinajstić information content (AvgIpc) is 2.96. The standard InChI is InChI=1S/C32H53NO12S/c1-8-9-10-11-12-13-14-15-16-17-18-46-32(31(39)40-7)19-26(42-23(4)36)28(33-21(2)34)30(45-32)29(44-25(6)38)27(43-24(5)37)20-41-22(3)35/h26-30H,8-20H2,1-7H3,(H,33,34)/t26-,27+,28+,29+,30+,32-/m0/s1. The summed E-state index contributed by atoms with van der Waals surface area (Å²) in [5, 5.41) is 2.68. The second-order valence-corrected chi connectivity index (χ2v) is 12.8. The number of methoxy groups -OCH3 is 1. The molecule has 0 aromatic carbocycles. The van der Waals surface area contributed by atoms with Crippen LogP contribution in [0.1, 0.15) is 112 Å². The molecule has 0 saturated carbocycles. The molecule has 13 nitrogen and oxygen atoms in total. The first kappa shape index (κ1) is 41.2. The minimum Gasteiger partial charge on any atom is -0.466 e. The fourth-order valence-electron chi connectivity index (χ4n) is 5.37. The molecule has 0 spiro atoms. The zero-order valence-corrected chi connectivity index (χ0v) is 29.2. The van der Waals surface area contributed by atoms with Crippen LogP contribution in [-0.2, 0) is 57.2 Å². The summed E-state index contributed by atoms with van der Waals surface area (Å²) in [4.78, 5) is 72.4. The van der Waals surface area contributed by atoms with Crippen LogP contribution < -0.4 is 5.32 Å². The number of amides is 1. The number of unbranched alkanes of at least 4 members (excludes halogenated alkanes) is 9. The number of carbonyl (C=O) groups is 6. The molecule has 1 N–H and O–H groups in total. The van der Waals surface area contributed by atoms with Crippen LogP contribution in [0.25, 0.3) is 0 Å². The van der Waals surface area contributed by atoms with Gasteiger partial charge in [0.1, 0.15) is 18.8 Å². The van der Waals surface area contributed by atoms with Crippen LogP contribution in [0, 0.1) is 0 Å². The molecule has 0 radical (unpaired) electrons. The van der Waals surface area contributed by atoms with Gasteiger partial charge in [-0.25, -0.2) is 4.79 Å². The highest BCUT2D eigenvalue weighted by Gasteiger charge is 2.58. The zero-order valence-electron chi connectivity index (χ0n) is 28.4. The number of carbonyl (C=O) groups excluding carboxylic acids is 6. The Morgan fingerprint density at radius 2 is 1.37 bits per heavy atom. The van der Waals surface area contributed by atoms with Crippen molar-refractivity contribution in [2.24, 2.45) is 0 Å². The molecule has 14 heteroatoms. The second kappa shape index (κ2) is 21.8. The maximum absolute atomic E-state index is 13.5. The number of nitrogens with one attached hydrogen (secondary N) is 1. The fourth-order valence-corrected chi connectivity index (χ4v) is 6.71. The molecule has 0 aliphatic carbocycles. The van der Waals surface area contributed by atoms with Gasteiger partial charge in [0.05, 0.1) is 13.2 Å². The molecule has 1 aliphatic rings. The fraction of sp³-hybridized carbons (Fsp3) is 0.812. The molecule has 0 aromatic heterocycles. The number of rotatable bonds is 21. The van der Waals surface area contributed by atoms with Crippen LogP contribution in [-0.4, -0.2) is 90.6 Å². The molecule has 1 heterocycles. The van der Waals surface area contributed by atoms with E-state index in [0.29, 0.717) is 5.75 Å². The van der Waals surface area contributed by atoms with Crippen LogP contribution in [0.5, 0.6) is 0 Å². The van der Waals surface area contributed by atoms with Gasteiger partial charge in [0.15, 0.2) is 12.2 Å². The van der Waals surface area contributed by atoms with Crippen molar-refractivity contribution >= 4 is 47.5 Å². The summed E-state index contributed by atoms with van der Waals surface area (Å²) in [6.07, 6.45) is 5.55. The van der Waals surface area contributed by atoms with E-state index in [1.807, 2.05) is 0 Å². The van der Waals surface area contributed by atoms with E-state index in [0.717, 1.165) is 58.2 Å². The molecule has 1 rings (SSSR count). The van der Waals surface area contributed by atoms with Gasteiger partial charge >= 0.3 is 29.8 Å². The van der Waals surface area contributed by atoms with Crippen LogP contribution in [0.2, 0.25) is 0 Å². The lowest BCUT2D eigenvalue weighted by atomic mass is 9.89. The second-order valence-electron chi connectivity index (χ2n) is 11.5. The highest BCUT2D eigenvalue weighted by atomic mass is 32.2. The van der Waals surface area contributed by atoms with Gasteiger partial charge < -0.3 is 33.7 Å². The van der Waals surface area contributed by atoms with E-state index >= 15 is 0 Å². The number of ether oxygens (including phenoxy) is 6. The summed E-state index contributed by atoms with van der Waals surface area (Å²) in [5.74, 6) is -3.83. The third-order valence-electron chi connectivity index (χ3n) is 7.33. The van der Waals surface area contributed by atoms with Gasteiger partial charge in [-0.3, -0.25) is 24.0 Å². The molecular formula is C32H53NO12S. The van der Waals surface area contributed by atoms with Crippen molar-refractivity contribution in [3.8, 4) is 0 Å². The van der Waals surface area contributed by atoms with E-state index in [4.69, 9.17) is 28.4 Å². The maximum Gasteiger partial charge on any atom is 0.348 e. The predicted molar refractivity (Wildman–Crippen MR) is 169 cm³/mol. The number of thioether (sulfide) groups is 1. The summed E-state index contributed by atoms with van der Waals surface area (Å²) >= 11 is 1.16. The van der Waals surface area contributed by atoms with Crippen molar-refractivity contribution in [3.63, 3.8) is 0 Å². The topological polar surface area (TPSA) is 170 Å². The number of esters is 5. The summed E-state index contributed by atoms with van der Waals surface area (Å²) < 4.78 is 33.3. The monoisotopic (exact) mass is 675 g/mol. The van der Waals surface area contributed by atoms with E-state index in [-0.39, 0.29) is 6.42 Å². The molecule has 1 fully saturated rings. The molecule has 1 amide bonds. The molecule has 6 atom stereocenters. The lowest BCUT2D eigenvalue weighted by molar-refractivity contribution is -0.224. The van der Waals surface area contributed by atoms with E-state index in [1.54, 1.807) is 0 Å². The van der Waals surface area contributed by atoms with Crippen molar-refractivity contribution in [2.75, 3.05) is 19.5 Å². The van der Waals surface area contributed by atoms with Crippen LogP contribution >= 0.6 is 11.8 Å². The highest BCUT2D eigenvalue weighted by molar-refractivity contribution is 8.01. The van der Waals surface area contributed by atoms with E-state index in [9.17, 15) is 28.8 Å². The molecule has 0 bridgehead atoms. The van der Waals surface area contributed by atoms with Crippen molar-refractivity contribution in [2.45, 2.75) is 148 Å². The van der Waals surface area contributed by atoms with Crippen LogP contribution in [0.3, 0.4) is 0 Å². The third kappa shape index (κ3) is 15.1. The molecular weight excluding hydrogens is 622 g/mol. The first-order chi connectivity index (χ1) is 21.8. The van der Waals surface area contributed by atoms with Gasteiger partial charge in [0.2, 0.25) is 10.8 Å². The van der Waals surface area contributed by atoms with Gasteiger partial charge in [-0.2, -0.15) is 0 Å². The Bertz CT molecular complexity index is 1010. The van der Waals surface area contributed by atoms with Crippen molar-refractivity contribution in [1.82, 2.24) is 5.32 Å². The molecule has 46 heavy (non-hydrogen) atoms. The van der Waals surface area contributed by atoms with E-state index in [2.05, 4.69) is 12.2 Å². The predicted octanol–water partition coefficient (Wildman–Crippen LogP) is 4.16. The van der Waals surface area contributed by atoms with E-state index < -0.39 is 77.8 Å². The quantitative estimate of drug-likeness (QED) is 0.105. The summed E-state index contributed by atoms with van der Waals surface area (Å²) in [5.41, 5.74) is 0. The number of hydrogen-bond donors (Lipinski definition) is 1. The van der Waals surface area contributed by atoms with Gasteiger partial charge in [0, 0.05) is 41.0 Å². The Balaban J connectivity index is 3.39. The Labute approximate surface area is 276 Å². The smallest absolute Gasteiger partial charge is 0.348 e. The van der Waals surface area contributed by atoms with Gasteiger partial charge in [0.25, 0.3) is 0 Å². The summed E-state index contributed by atoms with van der Waals surface area (Å²) in [6.45, 7) is 7.44. The first-order valence-electron chi connectivity index (χ1n) is 16.1. The largest absolute Gasteiger partial charge is 0.466 e. The Hall–Kier alpha value is -2.87. The Morgan fingerprint density at radius 3 is 1.85 bits per heavy atom. The summed E-state index contributed by atoms with van der Waals surface area (Å²) in [7, 11) is 1.19. The molecule has 1 aliphatic heterocycles. The van der Waals surface area contributed by atoms with Gasteiger partial charge in [-0.1, -0.05) is 64.7 Å². The highest BCUT2D eigenvalue weighted by Crippen LogP contribution is 2.43. The van der Waals surface area contributed by atoms with E-state index in [1.165, 1.54) is 59.5 Å². The van der Waals surface area contributed by atoms with Crippen LogP contribution in [0.4, 0.5) is 0 Å². The van der Waals surface area contributed by atoms with Crippen LogP contribution in [0.15, 0.2) is 0 Å². The SMILES string of the molecule is CCCCCCCCCCCCS[C@]1(C(=O)OC)C[C@H](OC(C)=O)[C@@H](NC(C)=O)[C@H]([C@H](OC(C)=O)[C@@H](COC(C)=O)OC(C)=O)O1. The molecule has 0 aromatic rings. The Morgan fingerprint density at radius 1 is 0.804 bits per heavy atom. The maximum atomic E-state index is 13.5. The minimum absolute atomic E-state index is 0.196. The molecule has 264 valence electrons. The lowest BCUT2D eigenvalue weighted by Crippen LogP contribution is -2.68. The first-order valence-corrected chi connectivity index (χ1v) is 17.1. The normalized spacial score (nSPS) is 22.1. The lowest BCUT2D eigenvalue weighted by Gasteiger charge is -2.48. The Kier molecular flexibility index (Phi) is 19.5. The van der Waals surface area contributed by atoms with Gasteiger partial charge in [-0.05, 0) is 12.2 Å². The zero-order chi connectivity index (χ0) is 34.7. The van der Waals surface area contributed by atoms with Crippen molar-refractivity contribution in [3.05, 3.63) is 0 Å². The van der Waals surface area contributed by atoms with Gasteiger partial charge in [-0.15, -0.1) is 11.8 Å². The third-order valence-corrected chi connectivity index (χ3v) is 8.72. The minimum atomic E-state index is -1.76. The number of hydrogen-bond acceptors (Lipinski definition) is 13. The molecule has 1 saturated heterocycles.